The van der Waals surface area contributed by atoms with Gasteiger partial charge in [-0.3, -0.25) is 9.59 Å². The fraction of sp³-hybridized carbons (Fsp3) is 0.438. The van der Waals surface area contributed by atoms with Gasteiger partial charge in [0.2, 0.25) is 5.91 Å². The highest BCUT2D eigenvalue weighted by Crippen LogP contribution is 2.47. The van der Waals surface area contributed by atoms with Crippen LogP contribution in [-0.4, -0.2) is 42.5 Å². The van der Waals surface area contributed by atoms with E-state index in [-0.39, 0.29) is 17.9 Å². The maximum atomic E-state index is 12.6. The van der Waals surface area contributed by atoms with Crippen molar-refractivity contribution in [1.29, 1.82) is 5.26 Å². The highest BCUT2D eigenvalue weighted by atomic mass is 16.5. The van der Waals surface area contributed by atoms with Gasteiger partial charge in [0, 0.05) is 12.1 Å². The zero-order chi connectivity index (χ0) is 15.7. The van der Waals surface area contributed by atoms with Crippen molar-refractivity contribution in [2.45, 2.75) is 24.3 Å². The minimum atomic E-state index is -0.727. The number of primary amides is 1. The maximum Gasteiger partial charge on any atom is 0.254 e. The molecule has 1 heterocycles. The number of carbonyl (C=O) groups excluding carboxylic acids is 2. The number of ether oxygens (including phenoxy) is 1. The molecule has 1 unspecified atom stereocenters. The Balaban J connectivity index is 1.80. The lowest BCUT2D eigenvalue weighted by molar-refractivity contribution is -0.127. The summed E-state index contributed by atoms with van der Waals surface area (Å²) < 4.78 is 5.22. The zero-order valence-corrected chi connectivity index (χ0v) is 12.1. The SMILES string of the molecule is N#CC1(c2ccc(C(=O)N3CCOCC3C(N)=O)cc2)CC1. The highest BCUT2D eigenvalue weighted by Gasteiger charge is 2.44. The summed E-state index contributed by atoms with van der Waals surface area (Å²) in [7, 11) is 0. The Morgan fingerprint density at radius 2 is 2.00 bits per heavy atom. The van der Waals surface area contributed by atoms with Crippen molar-refractivity contribution in [3.05, 3.63) is 35.4 Å². The molecule has 0 aromatic heterocycles. The molecule has 114 valence electrons. The number of amides is 2. The second-order valence-electron chi connectivity index (χ2n) is 5.76. The van der Waals surface area contributed by atoms with Gasteiger partial charge >= 0.3 is 0 Å². The lowest BCUT2D eigenvalue weighted by Gasteiger charge is -2.33. The second kappa shape index (κ2) is 5.43. The molecular formula is C16H17N3O3. The molecule has 2 fully saturated rings. The zero-order valence-electron chi connectivity index (χ0n) is 12.1. The number of nitriles is 1. The molecule has 1 atom stereocenters. The Kier molecular flexibility index (Phi) is 3.59. The lowest BCUT2D eigenvalue weighted by Crippen LogP contribution is -2.54. The van der Waals surface area contributed by atoms with Gasteiger partial charge in [0.05, 0.1) is 24.7 Å². The van der Waals surface area contributed by atoms with Gasteiger partial charge in [0.15, 0.2) is 0 Å². The average molecular weight is 299 g/mol. The molecule has 0 spiro atoms. The molecule has 6 heteroatoms. The summed E-state index contributed by atoms with van der Waals surface area (Å²) in [5.41, 5.74) is 6.40. The number of morpholine rings is 1. The smallest absolute Gasteiger partial charge is 0.254 e. The van der Waals surface area contributed by atoms with E-state index in [1.54, 1.807) is 12.1 Å². The summed E-state index contributed by atoms with van der Waals surface area (Å²) in [4.78, 5) is 25.5. The fourth-order valence-corrected chi connectivity index (χ4v) is 2.77. The largest absolute Gasteiger partial charge is 0.377 e. The van der Waals surface area contributed by atoms with Gasteiger partial charge in [0.1, 0.15) is 6.04 Å². The maximum absolute atomic E-state index is 12.6. The van der Waals surface area contributed by atoms with Crippen LogP contribution in [0.5, 0.6) is 0 Å². The van der Waals surface area contributed by atoms with Crippen molar-refractivity contribution in [3.8, 4) is 6.07 Å². The highest BCUT2D eigenvalue weighted by molar-refractivity contribution is 5.97. The first-order chi connectivity index (χ1) is 10.6. The number of nitrogens with zero attached hydrogens (tertiary/aromatic N) is 2. The lowest BCUT2D eigenvalue weighted by atomic mass is 9.96. The summed E-state index contributed by atoms with van der Waals surface area (Å²) in [5, 5.41) is 9.20. The topological polar surface area (TPSA) is 96.4 Å². The molecule has 1 aliphatic heterocycles. The first-order valence-electron chi connectivity index (χ1n) is 7.27. The Hall–Kier alpha value is -2.39. The third-order valence-electron chi connectivity index (χ3n) is 4.37. The third kappa shape index (κ3) is 2.44. The summed E-state index contributed by atoms with van der Waals surface area (Å²) in [6.45, 7) is 0.873. The van der Waals surface area contributed by atoms with Crippen molar-refractivity contribution in [2.75, 3.05) is 19.8 Å². The van der Waals surface area contributed by atoms with E-state index in [0.717, 1.165) is 18.4 Å². The second-order valence-corrected chi connectivity index (χ2v) is 5.76. The van der Waals surface area contributed by atoms with Crippen molar-refractivity contribution >= 4 is 11.8 Å². The molecule has 0 radical (unpaired) electrons. The number of hydrogen-bond donors (Lipinski definition) is 1. The molecule has 2 N–H and O–H groups in total. The molecule has 1 aromatic rings. The predicted octanol–water partition coefficient (Wildman–Crippen LogP) is 0.568. The van der Waals surface area contributed by atoms with Crippen LogP contribution in [0.25, 0.3) is 0 Å². The molecule has 1 saturated carbocycles. The molecule has 1 aromatic carbocycles. The van der Waals surface area contributed by atoms with Crippen molar-refractivity contribution < 1.29 is 14.3 Å². The van der Waals surface area contributed by atoms with Crippen molar-refractivity contribution in [1.82, 2.24) is 4.90 Å². The monoisotopic (exact) mass is 299 g/mol. The Morgan fingerprint density at radius 1 is 1.32 bits per heavy atom. The van der Waals surface area contributed by atoms with Gasteiger partial charge in [-0.05, 0) is 30.5 Å². The number of nitrogens with two attached hydrogens (primary N) is 1. The fourth-order valence-electron chi connectivity index (χ4n) is 2.77. The quantitative estimate of drug-likeness (QED) is 0.882. The van der Waals surface area contributed by atoms with Gasteiger partial charge in [-0.2, -0.15) is 5.26 Å². The van der Waals surface area contributed by atoms with E-state index in [2.05, 4.69) is 6.07 Å². The first-order valence-corrected chi connectivity index (χ1v) is 7.27. The van der Waals surface area contributed by atoms with Gasteiger partial charge in [-0.1, -0.05) is 12.1 Å². The van der Waals surface area contributed by atoms with Crippen LogP contribution >= 0.6 is 0 Å². The minimum absolute atomic E-state index is 0.136. The van der Waals surface area contributed by atoms with Gasteiger partial charge in [-0.15, -0.1) is 0 Å². The van der Waals surface area contributed by atoms with Crippen LogP contribution in [0.15, 0.2) is 24.3 Å². The molecular weight excluding hydrogens is 282 g/mol. The molecule has 3 rings (SSSR count). The molecule has 1 aliphatic carbocycles. The number of carbonyl (C=O) groups is 2. The summed E-state index contributed by atoms with van der Waals surface area (Å²) in [6, 6.07) is 8.67. The molecule has 22 heavy (non-hydrogen) atoms. The van der Waals surface area contributed by atoms with E-state index < -0.39 is 11.9 Å². The molecule has 2 aliphatic rings. The van der Waals surface area contributed by atoms with Crippen LogP contribution in [0.4, 0.5) is 0 Å². The minimum Gasteiger partial charge on any atom is -0.377 e. The Morgan fingerprint density at radius 3 is 2.55 bits per heavy atom. The van der Waals surface area contributed by atoms with E-state index in [9.17, 15) is 14.9 Å². The third-order valence-corrected chi connectivity index (χ3v) is 4.37. The Labute approximate surface area is 128 Å². The first kappa shape index (κ1) is 14.5. The van der Waals surface area contributed by atoms with Gasteiger partial charge < -0.3 is 15.4 Å². The standard InChI is InChI=1S/C16H17N3O3/c17-10-16(5-6-16)12-3-1-11(2-4-12)15(21)19-7-8-22-9-13(19)14(18)20/h1-4,13H,5-9H2,(H2,18,20). The molecule has 0 bridgehead atoms. The van der Waals surface area contributed by atoms with Crippen LogP contribution in [0, 0.1) is 11.3 Å². The number of hydrogen-bond acceptors (Lipinski definition) is 4. The van der Waals surface area contributed by atoms with Crippen LogP contribution in [-0.2, 0) is 14.9 Å². The summed E-state index contributed by atoms with van der Waals surface area (Å²) in [6.07, 6.45) is 1.73. The van der Waals surface area contributed by atoms with E-state index >= 15 is 0 Å². The van der Waals surface area contributed by atoms with E-state index in [1.165, 1.54) is 4.90 Å². The molecule has 1 saturated heterocycles. The molecule has 6 nitrogen and oxygen atoms in total. The normalized spacial score (nSPS) is 22.7. The van der Waals surface area contributed by atoms with Crippen LogP contribution in [0.3, 0.4) is 0 Å². The van der Waals surface area contributed by atoms with Crippen LogP contribution in [0.1, 0.15) is 28.8 Å². The van der Waals surface area contributed by atoms with E-state index in [1.807, 2.05) is 12.1 Å². The number of rotatable bonds is 3. The van der Waals surface area contributed by atoms with E-state index in [0.29, 0.717) is 18.7 Å². The summed E-state index contributed by atoms with van der Waals surface area (Å²) >= 11 is 0. The summed E-state index contributed by atoms with van der Waals surface area (Å²) in [5.74, 6) is -0.800. The van der Waals surface area contributed by atoms with Crippen molar-refractivity contribution in [2.24, 2.45) is 5.73 Å². The van der Waals surface area contributed by atoms with Crippen LogP contribution in [0.2, 0.25) is 0 Å². The van der Waals surface area contributed by atoms with Gasteiger partial charge in [0.25, 0.3) is 5.91 Å². The van der Waals surface area contributed by atoms with Crippen molar-refractivity contribution in [3.63, 3.8) is 0 Å². The van der Waals surface area contributed by atoms with E-state index in [4.69, 9.17) is 10.5 Å². The predicted molar refractivity (Wildman–Crippen MR) is 77.8 cm³/mol. The number of benzene rings is 1. The van der Waals surface area contributed by atoms with Gasteiger partial charge in [-0.25, -0.2) is 0 Å². The average Bonchev–Trinajstić information content (AvgIpc) is 3.35. The molecule has 2 amide bonds. The Bertz CT molecular complexity index is 644. The van der Waals surface area contributed by atoms with Crippen LogP contribution < -0.4 is 5.73 Å².